The minimum atomic E-state index is -1.89. The lowest BCUT2D eigenvalue weighted by Gasteiger charge is -2.48. The van der Waals surface area contributed by atoms with Crippen molar-refractivity contribution in [2.75, 3.05) is 37.1 Å². The quantitative estimate of drug-likeness (QED) is 0.0588. The number of hydrogen-bond acceptors (Lipinski definition) is 38. The molecule has 0 bridgehead atoms. The summed E-state index contributed by atoms with van der Waals surface area (Å²) in [5, 5.41) is 5.57. The molecule has 2 amide bonds. The van der Waals surface area contributed by atoms with Gasteiger partial charge in [0.2, 0.25) is 11.8 Å². The van der Waals surface area contributed by atoms with E-state index in [4.69, 9.17) is 94.7 Å². The Labute approximate surface area is 638 Å². The van der Waals surface area contributed by atoms with E-state index in [0.29, 0.717) is 21.2 Å². The highest BCUT2D eigenvalue weighted by atomic mass is 32.2. The molecule has 4 fully saturated rings. The summed E-state index contributed by atoms with van der Waals surface area (Å²) in [5.74, 6) is -13.3. The van der Waals surface area contributed by atoms with E-state index < -0.39 is 243 Å². The number of amides is 2. The van der Waals surface area contributed by atoms with Gasteiger partial charge in [0.15, 0.2) is 73.6 Å². The molecule has 606 valence electrons. The Morgan fingerprint density at radius 3 is 0.764 bits per heavy atom. The topological polar surface area (TPSA) is 482 Å². The highest BCUT2D eigenvalue weighted by molar-refractivity contribution is 8.00. The van der Waals surface area contributed by atoms with Gasteiger partial charge in [0, 0.05) is 131 Å². The monoisotopic (exact) mass is 1600 g/mol. The van der Waals surface area contributed by atoms with Gasteiger partial charge in [0.25, 0.3) is 0 Å². The van der Waals surface area contributed by atoms with E-state index in [0.717, 1.165) is 120 Å². The summed E-state index contributed by atoms with van der Waals surface area (Å²) in [7, 11) is 0. The van der Waals surface area contributed by atoms with Crippen molar-refractivity contribution in [3.63, 3.8) is 0 Å². The Morgan fingerprint density at radius 2 is 0.509 bits per heavy atom. The lowest BCUT2D eigenvalue weighted by Crippen LogP contribution is -2.66. The number of unbranched alkanes of at least 4 members (excludes halogenated alkanes) is 1. The highest BCUT2D eigenvalue weighted by Gasteiger charge is 2.60. The molecule has 0 aromatic heterocycles. The van der Waals surface area contributed by atoms with Crippen LogP contribution >= 0.6 is 23.5 Å². The number of thioether (sulfide) groups is 2. The molecule has 4 heterocycles. The molecular formula is C70H88N2O36S2. The van der Waals surface area contributed by atoms with Gasteiger partial charge in [-0.05, 0) is 61.4 Å². The Balaban J connectivity index is 1.12. The number of carbonyl (C=O) groups is 16. The van der Waals surface area contributed by atoms with Gasteiger partial charge < -0.3 is 105 Å². The van der Waals surface area contributed by atoms with Gasteiger partial charge in [-0.2, -0.15) is 0 Å². The van der Waals surface area contributed by atoms with E-state index in [1.54, 1.807) is 48.5 Å². The van der Waals surface area contributed by atoms with Gasteiger partial charge in [-0.1, -0.05) is 23.5 Å². The molecule has 20 atom stereocenters. The lowest BCUT2D eigenvalue weighted by atomic mass is 9.96. The minimum absolute atomic E-state index is 0.0158. The Morgan fingerprint density at radius 1 is 0.282 bits per heavy atom. The van der Waals surface area contributed by atoms with Crippen molar-refractivity contribution in [2.45, 2.75) is 254 Å². The molecular weight excluding hydrogens is 1510 g/mol. The first kappa shape index (κ1) is 89.3. The van der Waals surface area contributed by atoms with Crippen LogP contribution in [0.2, 0.25) is 0 Å². The molecule has 110 heavy (non-hydrogen) atoms. The smallest absolute Gasteiger partial charge is 0.303 e. The molecule has 38 nitrogen and oxygen atoms in total. The summed E-state index contributed by atoms with van der Waals surface area (Å²) in [4.78, 5) is 203. The standard InChI is InChI=1S/C70H88N2O36S2/c1-31(73)89-27-49-55(93-35(5)77)59(95-37(7)79)63(99-41(11)83)67(103-49)107-57-51(29-91-33(3)75)105-69(65(101-43(13)85)61(57)97-39(9)81)109-47-23-19-45(20-24-47)71-53(87)17-15-16-18-54(88)72-46-21-25-48(26-22-46)110-70-66(102-44(14)86)62(98-40(10)82)58(52(106-70)30-92-34(4)76)108-68-64(100-42(12)84)60(96-38(8)80)56(94-36(6)78)50(104-68)28-90-32(2)74/h19-26,49-52,55-70H,15-18,27-30H2,1-14H3,(H,71,87)(H,72,88)/t49-,50-,51-,52-,55-,56-,57-,58-,59+,60+,61+,62+,63-,64-,65-,66-,67-,68-,69+,70+/m1/s1. The normalized spacial score (nSPS) is 27.5. The Kier molecular flexibility index (Phi) is 34.6. The fourth-order valence-corrected chi connectivity index (χ4v) is 13.9. The molecule has 4 aliphatic heterocycles. The zero-order chi connectivity index (χ0) is 81.4. The molecule has 0 saturated carbocycles. The number of ether oxygens (including phenoxy) is 20. The second kappa shape index (κ2) is 42.6. The zero-order valence-electron chi connectivity index (χ0n) is 62.3. The average Bonchev–Trinajstić information content (AvgIpc) is 0.767. The van der Waals surface area contributed by atoms with Crippen LogP contribution in [0.25, 0.3) is 0 Å². The van der Waals surface area contributed by atoms with Crippen molar-refractivity contribution < 1.29 is 171 Å². The number of anilines is 2. The van der Waals surface area contributed by atoms with Crippen LogP contribution in [0.4, 0.5) is 11.4 Å². The molecule has 6 rings (SSSR count). The maximum atomic E-state index is 13.3. The molecule has 2 aromatic carbocycles. The van der Waals surface area contributed by atoms with Crippen LogP contribution in [0, 0.1) is 0 Å². The first-order chi connectivity index (χ1) is 51.8. The molecule has 0 spiro atoms. The largest absolute Gasteiger partial charge is 0.463 e. The van der Waals surface area contributed by atoms with Gasteiger partial charge in [0.1, 0.15) is 73.9 Å². The molecule has 0 radical (unpaired) electrons. The van der Waals surface area contributed by atoms with Crippen LogP contribution in [0.15, 0.2) is 58.3 Å². The fourth-order valence-electron chi connectivity index (χ4n) is 11.7. The Bertz CT molecular complexity index is 3400. The third-order valence-electron chi connectivity index (χ3n) is 15.6. The molecule has 4 aliphatic rings. The maximum absolute atomic E-state index is 13.3. The Hall–Kier alpha value is -9.58. The molecule has 0 unspecified atom stereocenters. The fraction of sp³-hybridized carbons (Fsp3) is 0.600. The van der Waals surface area contributed by atoms with E-state index in [-0.39, 0.29) is 25.7 Å². The number of carbonyl (C=O) groups excluding carboxylic acids is 16. The summed E-state index contributed by atoms with van der Waals surface area (Å²) >= 11 is 1.90. The van der Waals surface area contributed by atoms with E-state index >= 15 is 0 Å². The average molecular weight is 1600 g/mol. The van der Waals surface area contributed by atoms with Crippen LogP contribution in [0.1, 0.15) is 123 Å². The molecule has 2 N–H and O–H groups in total. The SMILES string of the molecule is CC(=O)OC[C@H]1O[C@@H](Sc2ccc(NC(=O)CCCCC(=O)Nc3ccc(S[C@@H]4O[C@H](COC(C)=O)[C@@H](O[C@H]5O[C@H](COC(C)=O)[C@@H](OC(C)=O)[C@H](OC(C)=O)[C@H]5OC(C)=O)[C@H](OC(C)=O)[C@H]4OC(C)=O)cc3)cc2)[C@H](OC(C)=O)[C@@H](OC(C)=O)[C@@H]1O[C@H]1O[C@H](COC(C)=O)[C@@H](OC(C)=O)[C@H](OC(C)=O)[C@H]1OC(C)=O. The van der Waals surface area contributed by atoms with Crippen LogP contribution in [-0.2, 0) is 171 Å². The van der Waals surface area contributed by atoms with Crippen molar-refractivity contribution in [1.82, 2.24) is 0 Å². The van der Waals surface area contributed by atoms with Crippen LogP contribution in [0.5, 0.6) is 0 Å². The van der Waals surface area contributed by atoms with Gasteiger partial charge in [-0.15, -0.1) is 0 Å². The summed E-state index contributed by atoms with van der Waals surface area (Å²) in [5.41, 5.74) is -1.91. The molecule has 40 heteroatoms. The third-order valence-corrected chi connectivity index (χ3v) is 17.9. The number of esters is 14. The van der Waals surface area contributed by atoms with Gasteiger partial charge in [-0.25, -0.2) is 0 Å². The van der Waals surface area contributed by atoms with E-state index in [2.05, 4.69) is 10.6 Å². The van der Waals surface area contributed by atoms with Gasteiger partial charge in [0.05, 0.1) is 0 Å². The predicted octanol–water partition coefficient (Wildman–Crippen LogP) is 3.25. The summed E-state index contributed by atoms with van der Waals surface area (Å²) < 4.78 is 116. The van der Waals surface area contributed by atoms with E-state index in [9.17, 15) is 76.7 Å². The number of nitrogens with one attached hydrogen (secondary N) is 2. The molecule has 0 aliphatic carbocycles. The van der Waals surface area contributed by atoms with Gasteiger partial charge >= 0.3 is 83.6 Å². The van der Waals surface area contributed by atoms with E-state index in [1.807, 2.05) is 0 Å². The predicted molar refractivity (Wildman–Crippen MR) is 367 cm³/mol. The first-order valence-corrected chi connectivity index (χ1v) is 35.9. The minimum Gasteiger partial charge on any atom is -0.463 e. The van der Waals surface area contributed by atoms with Crippen molar-refractivity contribution >= 4 is 130 Å². The van der Waals surface area contributed by atoms with Crippen molar-refractivity contribution in [1.29, 1.82) is 0 Å². The number of hydrogen-bond donors (Lipinski definition) is 2. The number of benzene rings is 2. The summed E-state index contributed by atoms with van der Waals surface area (Å²) in [6.45, 7) is 12.1. The lowest BCUT2D eigenvalue weighted by molar-refractivity contribution is -0.341. The molecule has 4 saturated heterocycles. The highest BCUT2D eigenvalue weighted by Crippen LogP contribution is 2.43. The summed E-state index contributed by atoms with van der Waals surface area (Å²) in [6.07, 6.45) is -29.1. The maximum Gasteiger partial charge on any atom is 0.303 e. The van der Waals surface area contributed by atoms with Crippen LogP contribution in [-0.4, -0.2) is 243 Å². The first-order valence-electron chi connectivity index (χ1n) is 34.2. The van der Waals surface area contributed by atoms with Crippen molar-refractivity contribution in [3.05, 3.63) is 48.5 Å². The summed E-state index contributed by atoms with van der Waals surface area (Å²) in [6, 6.07) is 12.5. The van der Waals surface area contributed by atoms with E-state index in [1.165, 1.54) is 0 Å². The van der Waals surface area contributed by atoms with Crippen molar-refractivity contribution in [2.24, 2.45) is 0 Å². The second-order valence-electron chi connectivity index (χ2n) is 24.9. The van der Waals surface area contributed by atoms with Crippen LogP contribution in [0.3, 0.4) is 0 Å². The third kappa shape index (κ3) is 28.4. The van der Waals surface area contributed by atoms with Gasteiger partial charge in [-0.3, -0.25) is 76.7 Å². The van der Waals surface area contributed by atoms with Crippen LogP contribution < -0.4 is 10.6 Å². The molecule has 2 aromatic rings. The second-order valence-corrected chi connectivity index (χ2v) is 27.3. The van der Waals surface area contributed by atoms with Crippen molar-refractivity contribution in [3.8, 4) is 0 Å². The zero-order valence-corrected chi connectivity index (χ0v) is 64.0. The number of rotatable bonds is 33.